The van der Waals surface area contributed by atoms with Gasteiger partial charge in [0.1, 0.15) is 0 Å². The van der Waals surface area contributed by atoms with Gasteiger partial charge >= 0.3 is 0 Å². The van der Waals surface area contributed by atoms with E-state index in [9.17, 15) is 0 Å². The number of fused-ring (bicyclic) bond motifs is 1. The summed E-state index contributed by atoms with van der Waals surface area (Å²) in [4.78, 5) is 2.69. The van der Waals surface area contributed by atoms with E-state index in [1.54, 1.807) is 0 Å². The van der Waals surface area contributed by atoms with Gasteiger partial charge in [-0.15, -0.1) is 0 Å². The van der Waals surface area contributed by atoms with Gasteiger partial charge in [-0.1, -0.05) is 23.3 Å². The molecule has 1 aliphatic rings. The van der Waals surface area contributed by atoms with E-state index in [1.165, 1.54) is 11.3 Å². The van der Waals surface area contributed by atoms with Crippen molar-refractivity contribution in [3.05, 3.63) is 45.8 Å². The predicted molar refractivity (Wildman–Crippen MR) is 61.7 cm³/mol. The second-order valence-corrected chi connectivity index (χ2v) is 3.41. The van der Waals surface area contributed by atoms with Crippen molar-refractivity contribution in [1.82, 2.24) is 0 Å². The number of azide groups is 1. The Bertz CT molecular complexity index is 430. The van der Waals surface area contributed by atoms with Crippen molar-refractivity contribution in [2.75, 3.05) is 18.4 Å². The van der Waals surface area contributed by atoms with Crippen molar-refractivity contribution < 1.29 is 0 Å². The maximum absolute atomic E-state index is 8.11. The Morgan fingerprint density at radius 3 is 3.33 bits per heavy atom. The molecule has 76 valence electrons. The maximum atomic E-state index is 8.11. The van der Waals surface area contributed by atoms with Gasteiger partial charge in [-0.25, -0.2) is 0 Å². The normalized spacial score (nSPS) is 13.3. The molecule has 0 atom stereocenters. The number of benzene rings is 1. The molecule has 1 aromatic carbocycles. The molecule has 1 N–H and O–H groups in total. The van der Waals surface area contributed by atoms with Gasteiger partial charge in [0.25, 0.3) is 0 Å². The minimum atomic E-state index is 0.409. The molecular formula is C11H12N4. The Labute approximate surface area is 88.2 Å². The van der Waals surface area contributed by atoms with E-state index >= 15 is 0 Å². The average molecular weight is 200 g/mol. The van der Waals surface area contributed by atoms with E-state index in [1.807, 2.05) is 12.2 Å². The van der Waals surface area contributed by atoms with Gasteiger partial charge in [-0.2, -0.15) is 0 Å². The summed E-state index contributed by atoms with van der Waals surface area (Å²) in [5.41, 5.74) is 11.9. The third-order valence-corrected chi connectivity index (χ3v) is 2.40. The van der Waals surface area contributed by atoms with Crippen LogP contribution in [0, 0.1) is 0 Å². The number of hydrogen-bond donors (Lipinski definition) is 1. The summed E-state index contributed by atoms with van der Waals surface area (Å²) >= 11 is 0. The molecule has 1 aliphatic heterocycles. The summed E-state index contributed by atoms with van der Waals surface area (Å²) in [7, 11) is 0. The Hall–Kier alpha value is -1.93. The zero-order valence-corrected chi connectivity index (χ0v) is 8.35. The predicted octanol–water partition coefficient (Wildman–Crippen LogP) is 2.98. The van der Waals surface area contributed by atoms with Crippen molar-refractivity contribution >= 4 is 11.8 Å². The molecule has 0 radical (unpaired) electrons. The third-order valence-electron chi connectivity index (χ3n) is 2.40. The summed E-state index contributed by atoms with van der Waals surface area (Å²) in [5.74, 6) is 0. The molecule has 0 saturated carbocycles. The van der Waals surface area contributed by atoms with Gasteiger partial charge < -0.3 is 5.32 Å². The van der Waals surface area contributed by atoms with Crippen molar-refractivity contribution in [1.29, 1.82) is 0 Å². The van der Waals surface area contributed by atoms with Gasteiger partial charge in [0.05, 0.1) is 0 Å². The van der Waals surface area contributed by atoms with Crippen molar-refractivity contribution in [3.63, 3.8) is 0 Å². The van der Waals surface area contributed by atoms with E-state index in [2.05, 4.69) is 33.5 Å². The number of rotatable bonds is 3. The van der Waals surface area contributed by atoms with Crippen LogP contribution in [-0.2, 0) is 6.42 Å². The minimum absolute atomic E-state index is 0.409. The van der Waals surface area contributed by atoms with Crippen LogP contribution in [0.25, 0.3) is 16.5 Å². The first-order valence-electron chi connectivity index (χ1n) is 4.94. The highest BCUT2D eigenvalue weighted by molar-refractivity contribution is 5.62. The van der Waals surface area contributed by atoms with Crippen molar-refractivity contribution in [2.45, 2.75) is 6.42 Å². The summed E-state index contributed by atoms with van der Waals surface area (Å²) < 4.78 is 0. The van der Waals surface area contributed by atoms with Crippen LogP contribution >= 0.6 is 0 Å². The third kappa shape index (κ3) is 2.30. The first-order chi connectivity index (χ1) is 7.40. The van der Waals surface area contributed by atoms with Crippen LogP contribution in [0.15, 0.2) is 29.4 Å². The molecule has 2 rings (SSSR count). The first kappa shape index (κ1) is 9.62. The van der Waals surface area contributed by atoms with E-state index in [0.717, 1.165) is 18.5 Å². The largest absolute Gasteiger partial charge is 0.384 e. The van der Waals surface area contributed by atoms with Gasteiger partial charge in [-0.05, 0) is 35.2 Å². The maximum Gasteiger partial charge on any atom is 0.0443 e. The quantitative estimate of drug-likeness (QED) is 0.455. The topological polar surface area (TPSA) is 60.8 Å². The Morgan fingerprint density at radius 1 is 1.53 bits per heavy atom. The standard InChI is InChI=1S/C11H12N4/c12-15-14-6-1-2-9-3-4-11-10(8-9)5-7-13-11/h1-4,8,13H,5-7H2. The lowest BCUT2D eigenvalue weighted by molar-refractivity contribution is 1.11. The lowest BCUT2D eigenvalue weighted by atomic mass is 10.1. The highest BCUT2D eigenvalue weighted by Gasteiger charge is 2.08. The lowest BCUT2D eigenvalue weighted by Gasteiger charge is -2.00. The fraction of sp³-hybridized carbons (Fsp3) is 0.273. The molecule has 0 unspecified atom stereocenters. The molecule has 0 amide bonds. The van der Waals surface area contributed by atoms with E-state index in [4.69, 9.17) is 5.53 Å². The van der Waals surface area contributed by atoms with Crippen molar-refractivity contribution in [3.8, 4) is 0 Å². The molecular weight excluding hydrogens is 188 g/mol. The van der Waals surface area contributed by atoms with Crippen LogP contribution in [0.5, 0.6) is 0 Å². The van der Waals surface area contributed by atoms with Crippen LogP contribution in [0.4, 0.5) is 5.69 Å². The fourth-order valence-corrected chi connectivity index (χ4v) is 1.70. The van der Waals surface area contributed by atoms with Crippen LogP contribution in [0.1, 0.15) is 11.1 Å². The fourth-order valence-electron chi connectivity index (χ4n) is 1.70. The molecule has 0 saturated heterocycles. The second kappa shape index (κ2) is 4.53. The van der Waals surface area contributed by atoms with Gasteiger partial charge in [0, 0.05) is 23.7 Å². The Balaban J connectivity index is 2.09. The molecule has 4 nitrogen and oxygen atoms in total. The molecule has 0 spiro atoms. The highest BCUT2D eigenvalue weighted by Crippen LogP contribution is 2.23. The summed E-state index contributed by atoms with van der Waals surface area (Å²) in [6, 6.07) is 6.32. The molecule has 0 aromatic heterocycles. The SMILES string of the molecule is [N-]=[N+]=NCC=Cc1ccc2c(c1)CCN2. The van der Waals surface area contributed by atoms with E-state index < -0.39 is 0 Å². The monoisotopic (exact) mass is 200 g/mol. The second-order valence-electron chi connectivity index (χ2n) is 3.41. The van der Waals surface area contributed by atoms with E-state index in [-0.39, 0.29) is 0 Å². The average Bonchev–Trinajstić information content (AvgIpc) is 2.71. The molecule has 4 heteroatoms. The highest BCUT2D eigenvalue weighted by atomic mass is 15.1. The van der Waals surface area contributed by atoms with Crippen molar-refractivity contribution in [2.24, 2.45) is 5.11 Å². The zero-order chi connectivity index (χ0) is 10.5. The number of anilines is 1. The lowest BCUT2D eigenvalue weighted by Crippen LogP contribution is -1.90. The summed E-state index contributed by atoms with van der Waals surface area (Å²) in [6.45, 7) is 1.44. The Morgan fingerprint density at radius 2 is 2.47 bits per heavy atom. The molecule has 0 aliphatic carbocycles. The van der Waals surface area contributed by atoms with Gasteiger partial charge in [0.2, 0.25) is 0 Å². The molecule has 0 bridgehead atoms. The van der Waals surface area contributed by atoms with Crippen LogP contribution in [0.2, 0.25) is 0 Å². The molecule has 0 fully saturated rings. The molecule has 1 aromatic rings. The Kier molecular flexibility index (Phi) is 2.90. The van der Waals surface area contributed by atoms with Crippen LogP contribution < -0.4 is 5.32 Å². The van der Waals surface area contributed by atoms with Crippen LogP contribution in [-0.4, -0.2) is 13.1 Å². The van der Waals surface area contributed by atoms with Crippen LogP contribution in [0.3, 0.4) is 0 Å². The molecule has 1 heterocycles. The minimum Gasteiger partial charge on any atom is -0.384 e. The first-order valence-corrected chi connectivity index (χ1v) is 4.94. The summed E-state index contributed by atoms with van der Waals surface area (Å²) in [5, 5.41) is 6.75. The number of hydrogen-bond acceptors (Lipinski definition) is 2. The van der Waals surface area contributed by atoms with E-state index in [0.29, 0.717) is 6.54 Å². The number of nitrogens with zero attached hydrogens (tertiary/aromatic N) is 3. The summed E-state index contributed by atoms with van der Waals surface area (Å²) in [6.07, 6.45) is 4.93. The number of nitrogens with one attached hydrogen (secondary N) is 1. The smallest absolute Gasteiger partial charge is 0.0443 e. The zero-order valence-electron chi connectivity index (χ0n) is 8.35. The molecule has 15 heavy (non-hydrogen) atoms. The van der Waals surface area contributed by atoms with Gasteiger partial charge in [0.15, 0.2) is 0 Å². The van der Waals surface area contributed by atoms with Gasteiger partial charge in [-0.3, -0.25) is 0 Å².